The van der Waals surface area contributed by atoms with Gasteiger partial charge in [-0.15, -0.1) is 11.3 Å². The lowest BCUT2D eigenvalue weighted by Crippen LogP contribution is -2.13. The van der Waals surface area contributed by atoms with Crippen molar-refractivity contribution in [2.45, 2.75) is 13.3 Å². The quantitative estimate of drug-likeness (QED) is 0.305. The van der Waals surface area contributed by atoms with E-state index in [1.807, 2.05) is 18.4 Å². The molecule has 0 spiro atoms. The van der Waals surface area contributed by atoms with Crippen molar-refractivity contribution in [3.8, 4) is 0 Å². The lowest BCUT2D eigenvalue weighted by Gasteiger charge is -1.96. The standard InChI is InChI=1S/C7H10N2OS/c1-2-6-5(3-4-11-6)7(8)9-10/h3-4,10H,2H2,1H3,(H2,8,9). The van der Waals surface area contributed by atoms with E-state index in [4.69, 9.17) is 10.9 Å². The summed E-state index contributed by atoms with van der Waals surface area (Å²) in [5, 5.41) is 13.3. The Morgan fingerprint density at radius 3 is 3.09 bits per heavy atom. The number of nitrogens with zero attached hydrogens (tertiary/aromatic N) is 1. The van der Waals surface area contributed by atoms with Crippen LogP contribution in [0.4, 0.5) is 0 Å². The maximum Gasteiger partial charge on any atom is 0.171 e. The van der Waals surface area contributed by atoms with Crippen molar-refractivity contribution in [1.82, 2.24) is 0 Å². The maximum atomic E-state index is 8.39. The normalized spacial score (nSPS) is 11.9. The Morgan fingerprint density at radius 1 is 1.82 bits per heavy atom. The topological polar surface area (TPSA) is 58.6 Å². The second-order valence-corrected chi connectivity index (χ2v) is 3.10. The highest BCUT2D eigenvalue weighted by Crippen LogP contribution is 2.16. The SMILES string of the molecule is CCc1sccc1/C(N)=N\O. The van der Waals surface area contributed by atoms with E-state index in [0.29, 0.717) is 0 Å². The van der Waals surface area contributed by atoms with Gasteiger partial charge in [-0.25, -0.2) is 0 Å². The van der Waals surface area contributed by atoms with Crippen molar-refractivity contribution in [3.05, 3.63) is 21.9 Å². The average molecular weight is 170 g/mol. The van der Waals surface area contributed by atoms with Crippen LogP contribution in [0.5, 0.6) is 0 Å². The number of hydrogen-bond donors (Lipinski definition) is 2. The van der Waals surface area contributed by atoms with Crippen LogP contribution in [0.15, 0.2) is 16.6 Å². The number of rotatable bonds is 2. The van der Waals surface area contributed by atoms with E-state index >= 15 is 0 Å². The van der Waals surface area contributed by atoms with Gasteiger partial charge in [-0.3, -0.25) is 0 Å². The van der Waals surface area contributed by atoms with Crippen LogP contribution in [-0.4, -0.2) is 11.0 Å². The van der Waals surface area contributed by atoms with E-state index in [1.54, 1.807) is 11.3 Å². The molecule has 0 aliphatic heterocycles. The molecule has 11 heavy (non-hydrogen) atoms. The fourth-order valence-electron chi connectivity index (χ4n) is 0.897. The van der Waals surface area contributed by atoms with Gasteiger partial charge in [0.15, 0.2) is 5.84 Å². The van der Waals surface area contributed by atoms with E-state index in [9.17, 15) is 0 Å². The molecule has 0 saturated carbocycles. The Balaban J connectivity index is 3.02. The molecule has 0 unspecified atom stereocenters. The van der Waals surface area contributed by atoms with Crippen molar-refractivity contribution in [3.63, 3.8) is 0 Å². The third-order valence-electron chi connectivity index (χ3n) is 1.45. The summed E-state index contributed by atoms with van der Waals surface area (Å²) in [5.41, 5.74) is 6.27. The van der Waals surface area contributed by atoms with E-state index in [2.05, 4.69) is 5.16 Å². The van der Waals surface area contributed by atoms with Crippen LogP contribution in [0.2, 0.25) is 0 Å². The van der Waals surface area contributed by atoms with Gasteiger partial charge in [-0.1, -0.05) is 12.1 Å². The molecule has 3 N–H and O–H groups in total. The van der Waals surface area contributed by atoms with Gasteiger partial charge < -0.3 is 10.9 Å². The molecule has 1 rings (SSSR count). The van der Waals surface area contributed by atoms with Crippen LogP contribution < -0.4 is 5.73 Å². The molecule has 0 aliphatic carbocycles. The predicted octanol–water partition coefficient (Wildman–Crippen LogP) is 1.40. The summed E-state index contributed by atoms with van der Waals surface area (Å²) in [7, 11) is 0. The number of thiophene rings is 1. The van der Waals surface area contributed by atoms with Gasteiger partial charge in [0.05, 0.1) is 0 Å². The molecule has 0 aliphatic rings. The van der Waals surface area contributed by atoms with Crippen molar-refractivity contribution in [1.29, 1.82) is 0 Å². The van der Waals surface area contributed by atoms with Gasteiger partial charge in [0, 0.05) is 10.4 Å². The second-order valence-electron chi connectivity index (χ2n) is 2.10. The van der Waals surface area contributed by atoms with E-state index in [1.165, 1.54) is 0 Å². The molecule has 0 atom stereocenters. The van der Waals surface area contributed by atoms with Gasteiger partial charge in [0.2, 0.25) is 0 Å². The summed E-state index contributed by atoms with van der Waals surface area (Å²) in [6.45, 7) is 2.04. The number of aryl methyl sites for hydroxylation is 1. The summed E-state index contributed by atoms with van der Waals surface area (Å²) in [4.78, 5) is 1.15. The fourth-order valence-corrected chi connectivity index (χ4v) is 1.73. The molecule has 3 nitrogen and oxygen atoms in total. The van der Waals surface area contributed by atoms with Crippen molar-refractivity contribution < 1.29 is 5.21 Å². The molecule has 0 saturated heterocycles. The number of hydrogen-bond acceptors (Lipinski definition) is 3. The highest BCUT2D eigenvalue weighted by molar-refractivity contribution is 7.10. The fraction of sp³-hybridized carbons (Fsp3) is 0.286. The molecular formula is C7H10N2OS. The highest BCUT2D eigenvalue weighted by atomic mass is 32.1. The molecule has 0 radical (unpaired) electrons. The highest BCUT2D eigenvalue weighted by Gasteiger charge is 2.05. The average Bonchev–Trinajstić information content (AvgIpc) is 2.50. The minimum absolute atomic E-state index is 0.197. The first kappa shape index (κ1) is 8.07. The summed E-state index contributed by atoms with van der Waals surface area (Å²) in [5.74, 6) is 0.197. The molecule has 4 heteroatoms. The smallest absolute Gasteiger partial charge is 0.171 e. The molecule has 60 valence electrons. The van der Waals surface area contributed by atoms with Crippen molar-refractivity contribution >= 4 is 17.2 Å². The molecule has 0 fully saturated rings. The van der Waals surface area contributed by atoms with Crippen LogP contribution in [0.25, 0.3) is 0 Å². The molecule has 1 aromatic rings. The van der Waals surface area contributed by atoms with Crippen LogP contribution in [-0.2, 0) is 6.42 Å². The lowest BCUT2D eigenvalue weighted by molar-refractivity contribution is 0.318. The van der Waals surface area contributed by atoms with Crippen LogP contribution in [0.1, 0.15) is 17.4 Å². The third kappa shape index (κ3) is 1.51. The first-order valence-corrected chi connectivity index (χ1v) is 4.21. The van der Waals surface area contributed by atoms with Gasteiger partial charge in [-0.05, 0) is 17.9 Å². The van der Waals surface area contributed by atoms with E-state index in [0.717, 1.165) is 16.9 Å². The predicted molar refractivity (Wildman–Crippen MR) is 46.2 cm³/mol. The summed E-state index contributed by atoms with van der Waals surface area (Å²) < 4.78 is 0. The number of oxime groups is 1. The zero-order chi connectivity index (χ0) is 8.27. The Morgan fingerprint density at radius 2 is 2.55 bits per heavy atom. The third-order valence-corrected chi connectivity index (χ3v) is 2.52. The number of amidine groups is 1. The van der Waals surface area contributed by atoms with E-state index < -0.39 is 0 Å². The molecule has 0 amide bonds. The van der Waals surface area contributed by atoms with Gasteiger partial charge in [-0.2, -0.15) is 0 Å². The Labute approximate surface area is 69.2 Å². The molecule has 0 aromatic carbocycles. The Hall–Kier alpha value is -1.03. The zero-order valence-electron chi connectivity index (χ0n) is 6.24. The first-order chi connectivity index (χ1) is 5.29. The molecule has 1 heterocycles. The Bertz CT molecular complexity index is 267. The van der Waals surface area contributed by atoms with Crippen LogP contribution in [0, 0.1) is 0 Å². The molecular weight excluding hydrogens is 160 g/mol. The van der Waals surface area contributed by atoms with Gasteiger partial charge in [0.1, 0.15) is 0 Å². The van der Waals surface area contributed by atoms with Crippen molar-refractivity contribution in [2.24, 2.45) is 10.9 Å². The zero-order valence-corrected chi connectivity index (χ0v) is 7.06. The Kier molecular flexibility index (Phi) is 2.48. The maximum absolute atomic E-state index is 8.39. The van der Waals surface area contributed by atoms with Crippen molar-refractivity contribution in [2.75, 3.05) is 0 Å². The monoisotopic (exact) mass is 170 g/mol. The summed E-state index contributed by atoms with van der Waals surface area (Å²) >= 11 is 1.62. The van der Waals surface area contributed by atoms with Crippen LogP contribution in [0.3, 0.4) is 0 Å². The molecule has 0 bridgehead atoms. The second kappa shape index (κ2) is 3.39. The molecule has 1 aromatic heterocycles. The van der Waals surface area contributed by atoms with E-state index in [-0.39, 0.29) is 5.84 Å². The lowest BCUT2D eigenvalue weighted by atomic mass is 10.2. The van der Waals surface area contributed by atoms with Crippen LogP contribution >= 0.6 is 11.3 Å². The van der Waals surface area contributed by atoms with Gasteiger partial charge in [0.25, 0.3) is 0 Å². The largest absolute Gasteiger partial charge is 0.409 e. The minimum Gasteiger partial charge on any atom is -0.409 e. The summed E-state index contributed by atoms with van der Waals surface area (Å²) in [6.07, 6.45) is 0.920. The first-order valence-electron chi connectivity index (χ1n) is 3.33. The number of nitrogens with two attached hydrogens (primary N) is 1. The minimum atomic E-state index is 0.197. The summed E-state index contributed by atoms with van der Waals surface area (Å²) in [6, 6.07) is 1.86. The van der Waals surface area contributed by atoms with Gasteiger partial charge >= 0.3 is 0 Å².